The number of fused-ring (bicyclic) bond motifs is 5. The fraction of sp³-hybridized carbons (Fsp3) is 0.574. The molecule has 4 aliphatic heterocycles. The second-order valence-corrected chi connectivity index (χ2v) is 23.8. The van der Waals surface area contributed by atoms with Crippen LogP contribution in [0.1, 0.15) is 122 Å². The molecule has 0 aromatic heterocycles. The predicted molar refractivity (Wildman–Crippen MR) is 324 cm³/mol. The van der Waals surface area contributed by atoms with E-state index in [9.17, 15) is 58.2 Å². The van der Waals surface area contributed by atoms with Crippen LogP contribution < -0.4 is 46.7 Å². The Morgan fingerprint density at radius 3 is 2.29 bits per heavy atom. The molecule has 0 aliphatic carbocycles. The zero-order valence-electron chi connectivity index (χ0n) is 52.5. The van der Waals surface area contributed by atoms with Crippen molar-refractivity contribution in [1.82, 2.24) is 31.2 Å². The number of aliphatic hydroxyl groups excluding tert-OH is 1. The molecule has 90 heavy (non-hydrogen) atoms. The summed E-state index contributed by atoms with van der Waals surface area (Å²) in [5, 5.41) is 35.9. The summed E-state index contributed by atoms with van der Waals surface area (Å²) in [6.45, 7) is 9.96. The van der Waals surface area contributed by atoms with Crippen molar-refractivity contribution in [2.24, 2.45) is 17.6 Å². The average molecular weight is 1280 g/mol. The van der Waals surface area contributed by atoms with Gasteiger partial charge in [0.05, 0.1) is 43.7 Å². The van der Waals surface area contributed by atoms with Crippen LogP contribution in [-0.2, 0) is 63.8 Å². The molecule has 4 heterocycles. The van der Waals surface area contributed by atoms with E-state index in [2.05, 4.69) is 26.6 Å². The lowest BCUT2D eigenvalue weighted by Crippen LogP contribution is -2.63. The highest BCUT2D eigenvalue weighted by Gasteiger charge is 2.64. The van der Waals surface area contributed by atoms with E-state index in [4.69, 9.17) is 50.6 Å². The Labute approximate surface area is 527 Å². The van der Waals surface area contributed by atoms with Crippen molar-refractivity contribution in [2.45, 2.75) is 172 Å². The number of nitrogens with zero attached hydrogens (tertiary/aromatic N) is 3. The molecular weight excluding hydrogens is 1200 g/mol. The Bertz CT molecular complexity index is 3070. The lowest BCUT2D eigenvalue weighted by atomic mass is 9.83. The van der Waals surface area contributed by atoms with Crippen LogP contribution >= 0.6 is 11.6 Å². The number of urea groups is 1. The van der Waals surface area contributed by atoms with Gasteiger partial charge < -0.3 is 75.4 Å². The predicted octanol–water partition coefficient (Wildman–Crippen LogP) is 3.81. The van der Waals surface area contributed by atoms with Gasteiger partial charge in [-0.3, -0.25) is 38.9 Å². The quantitative estimate of drug-likeness (QED) is 0.0243. The largest absolute Gasteiger partial charge is 0.497 e. The number of amides is 10. The minimum Gasteiger partial charge on any atom is -0.497 e. The van der Waals surface area contributed by atoms with E-state index >= 15 is 0 Å². The number of imide groups is 1. The summed E-state index contributed by atoms with van der Waals surface area (Å²) in [7, 11) is 7.00. The summed E-state index contributed by atoms with van der Waals surface area (Å²) < 4.78 is 35.1. The molecule has 1 unspecified atom stereocenters. The third kappa shape index (κ3) is 18.0. The zero-order chi connectivity index (χ0) is 66.5. The maximum absolute atomic E-state index is 14.7. The van der Waals surface area contributed by atoms with E-state index in [1.807, 2.05) is 13.0 Å². The number of hydroxylamine groups is 2. The third-order valence-corrected chi connectivity index (χ3v) is 16.8. The van der Waals surface area contributed by atoms with Gasteiger partial charge in [0.1, 0.15) is 58.6 Å². The average Bonchev–Trinajstić information content (AvgIpc) is 1.58. The number of carbonyl (C=O) groups is 10. The molecule has 0 radical (unpaired) electrons. The number of allylic oxidation sites excluding steroid dienone is 3. The van der Waals surface area contributed by atoms with Crippen molar-refractivity contribution in [1.29, 1.82) is 0 Å². The SMILES string of the molecule is COc1ccc(C(=O)N(C)[C@@H](C)C(=O)O[C@H]2CC(=O)N(C)c3cc(cc(OC)c3Cl)C/C(C)=C/C=C/[C@@H](OC)[C@@]3(O)C[C@H](OC(=O)N3)[C@@H](C)[C@@H]3O[C@@]23C)c(NC(=O)[C@H](CCCNC(N)=O)NC(=O)[C@@H](NC(=O)CCCCC(O)ON2C(=O)CCC2=O)C(C)C)c1. The van der Waals surface area contributed by atoms with Crippen molar-refractivity contribution < 1.29 is 91.4 Å². The van der Waals surface area contributed by atoms with Crippen LogP contribution in [0.4, 0.5) is 21.0 Å². The third-order valence-electron chi connectivity index (χ3n) is 16.4. The Morgan fingerprint density at radius 1 is 0.944 bits per heavy atom. The van der Waals surface area contributed by atoms with Gasteiger partial charge in [-0.05, 0) is 88.6 Å². The number of methoxy groups -OCH3 is 3. The molecule has 3 fully saturated rings. The lowest BCUT2D eigenvalue weighted by Gasteiger charge is -2.42. The van der Waals surface area contributed by atoms with Gasteiger partial charge in [0, 0.05) is 71.8 Å². The number of alkyl carbamates (subject to hydrolysis) is 1. The molecule has 494 valence electrons. The van der Waals surface area contributed by atoms with E-state index in [1.165, 1.54) is 65.4 Å². The number of esters is 1. The van der Waals surface area contributed by atoms with Crippen LogP contribution in [0.3, 0.4) is 0 Å². The Hall–Kier alpha value is -7.89. The number of hydrogen-bond acceptors (Lipinski definition) is 19. The Balaban J connectivity index is 1.22. The molecule has 6 rings (SSSR count). The van der Waals surface area contributed by atoms with Crippen LogP contribution in [0.2, 0.25) is 5.02 Å². The van der Waals surface area contributed by atoms with E-state index in [0.717, 1.165) is 16.0 Å². The van der Waals surface area contributed by atoms with Crippen LogP contribution in [0.15, 0.2) is 54.1 Å². The first-order chi connectivity index (χ1) is 42.4. The van der Waals surface area contributed by atoms with E-state index in [1.54, 1.807) is 52.0 Å². The number of nitrogens with one attached hydrogen (secondary N) is 5. The first-order valence-corrected chi connectivity index (χ1v) is 30.0. The number of unbranched alkanes of at least 4 members (excludes halogenated alkanes) is 1. The molecule has 11 atom stereocenters. The van der Waals surface area contributed by atoms with Crippen molar-refractivity contribution in [3.8, 4) is 11.5 Å². The first-order valence-electron chi connectivity index (χ1n) is 29.6. The summed E-state index contributed by atoms with van der Waals surface area (Å²) in [6, 6.07) is 2.86. The second-order valence-electron chi connectivity index (χ2n) is 23.4. The molecule has 4 aliphatic rings. The molecular formula is C61H84ClN9O19. The zero-order valence-corrected chi connectivity index (χ0v) is 53.3. The summed E-state index contributed by atoms with van der Waals surface area (Å²) in [4.78, 5) is 142. The fourth-order valence-electron chi connectivity index (χ4n) is 10.8. The molecule has 4 bridgehead atoms. The number of hydrogen-bond donors (Lipinski definition) is 8. The van der Waals surface area contributed by atoms with E-state index < -0.39 is 138 Å². The molecule has 0 spiro atoms. The van der Waals surface area contributed by atoms with Crippen molar-refractivity contribution in [3.05, 3.63) is 70.3 Å². The van der Waals surface area contributed by atoms with E-state index in [0.29, 0.717) is 11.5 Å². The topological polar surface area (TPSA) is 375 Å². The van der Waals surface area contributed by atoms with Gasteiger partial charge in [0.2, 0.25) is 23.6 Å². The number of epoxide rings is 1. The second kappa shape index (κ2) is 31.2. The highest BCUT2D eigenvalue weighted by atomic mass is 35.5. The highest BCUT2D eigenvalue weighted by molar-refractivity contribution is 6.35. The normalized spacial score (nSPS) is 25.0. The minimum absolute atomic E-state index is 0.00251. The highest BCUT2D eigenvalue weighted by Crippen LogP contribution is 2.49. The van der Waals surface area contributed by atoms with Gasteiger partial charge >= 0.3 is 18.1 Å². The number of halogens is 1. The van der Waals surface area contributed by atoms with Crippen LogP contribution in [0.5, 0.6) is 11.5 Å². The Kier molecular flexibility index (Phi) is 24.7. The number of rotatable bonds is 24. The molecule has 29 heteroatoms. The van der Waals surface area contributed by atoms with Gasteiger partial charge in [0.15, 0.2) is 12.0 Å². The monoisotopic (exact) mass is 1280 g/mol. The molecule has 9 N–H and O–H groups in total. The molecule has 2 aromatic rings. The summed E-state index contributed by atoms with van der Waals surface area (Å²) >= 11 is 6.87. The van der Waals surface area contributed by atoms with Crippen molar-refractivity contribution in [2.75, 3.05) is 52.2 Å². The molecule has 3 saturated heterocycles. The van der Waals surface area contributed by atoms with E-state index in [-0.39, 0.29) is 97.8 Å². The molecule has 2 aromatic carbocycles. The van der Waals surface area contributed by atoms with Gasteiger partial charge in [-0.1, -0.05) is 56.2 Å². The van der Waals surface area contributed by atoms with Crippen LogP contribution in [-0.4, -0.2) is 182 Å². The maximum Gasteiger partial charge on any atom is 0.409 e. The van der Waals surface area contributed by atoms with Gasteiger partial charge in [-0.25, -0.2) is 19.2 Å². The number of nitrogens with two attached hydrogens (primary N) is 1. The number of aliphatic hydroxyl groups is 2. The molecule has 10 amide bonds. The maximum atomic E-state index is 14.7. The fourth-order valence-corrected chi connectivity index (χ4v) is 11.1. The van der Waals surface area contributed by atoms with Crippen molar-refractivity contribution >= 4 is 82.4 Å². The number of ether oxygens (including phenoxy) is 6. The smallest absolute Gasteiger partial charge is 0.409 e. The van der Waals surface area contributed by atoms with Crippen LogP contribution in [0, 0.1) is 11.8 Å². The summed E-state index contributed by atoms with van der Waals surface area (Å²) in [5.74, 6) is -6.32. The van der Waals surface area contributed by atoms with Crippen molar-refractivity contribution in [3.63, 3.8) is 0 Å². The molecule has 28 nitrogen and oxygen atoms in total. The lowest BCUT2D eigenvalue weighted by molar-refractivity contribution is -0.245. The standard InChI is InChI=1S/C61H84ClN9O19/c1-32(2)52(67-46(72)19-12-13-20-50(76)90-71-47(73)23-24-48(71)74)55(78)65-39(17-15-25-64-58(63)81)54(77)66-40-29-37(84-9)21-22-38(40)56(79)69(7)35(5)57(80)88-45-30-49(75)70(8)41-27-36(28-42(85-10)51(41)62)26-33(3)16-14-18-44(86-11)61(83)31-43(87-59(82)68-61)34(4)53-60(45,6)89-53/h14,16,18,21-22,27-29,32,34-35,39,43-45,50,52-53,76,83H,12-13,15,17,19-20,23-26,30-31H2,1-11H3,(H,65,78)(H,66,77)(H,67,72)(H,68,82)(H3,63,64,81)/b18-14+,33-16+/t34-,35+,39+,43+,44-,45+,50?,52+,53+,60+,61+/m1/s1. The molecule has 0 saturated carbocycles. The number of benzene rings is 2. The number of carbonyl (C=O) groups excluding carboxylic acids is 10. The number of primary amides is 1. The number of anilines is 2. The van der Waals surface area contributed by atoms with Gasteiger partial charge in [-0.15, -0.1) is 0 Å². The summed E-state index contributed by atoms with van der Waals surface area (Å²) in [6.07, 6.45) is -1.46. The minimum atomic E-state index is -1.95. The van der Waals surface area contributed by atoms with Gasteiger partial charge in [0.25, 0.3) is 17.7 Å². The first kappa shape index (κ1) is 71.2. The summed E-state index contributed by atoms with van der Waals surface area (Å²) in [5.41, 5.74) is 3.50. The Morgan fingerprint density at radius 2 is 1.64 bits per heavy atom. The van der Waals surface area contributed by atoms with Crippen LogP contribution in [0.25, 0.3) is 0 Å². The number of likely N-dealkylation sites (N-methyl/N-ethyl adjacent to an activating group) is 1. The van der Waals surface area contributed by atoms with Gasteiger partial charge in [-0.2, -0.15) is 5.06 Å².